The lowest BCUT2D eigenvalue weighted by molar-refractivity contribution is -0.132. The average Bonchev–Trinajstić information content (AvgIpc) is 3.31. The van der Waals surface area contributed by atoms with Crippen LogP contribution in [0.3, 0.4) is 0 Å². The second-order valence-electron chi connectivity index (χ2n) is 6.93. The van der Waals surface area contributed by atoms with E-state index in [1.54, 1.807) is 41.0 Å². The average molecular weight is 494 g/mol. The van der Waals surface area contributed by atoms with E-state index in [-0.39, 0.29) is 5.04 Å². The number of methoxy groups -OCH3 is 1. The number of hydrazone groups is 1. The lowest BCUT2D eigenvalue weighted by atomic mass is 10.1. The standard InChI is InChI=1S/C24H20ClN5O3S/c1-33-23(32)22(28-26-19-15-9-8-14-18(19)25)34-24-29-27-21(20(31)16-10-4-2-5-11-16)30(24)17-12-6-3-7-13-17/h2-15,20,26,31H,1H3/b28-22+/t20-/m0/s1. The molecule has 0 bridgehead atoms. The number of carbonyl (C=O) groups excluding carboxylic acids is 1. The fourth-order valence-electron chi connectivity index (χ4n) is 3.08. The number of rotatable bonds is 6. The monoisotopic (exact) mass is 493 g/mol. The van der Waals surface area contributed by atoms with E-state index in [4.69, 9.17) is 16.3 Å². The third-order valence-corrected chi connectivity index (χ3v) is 5.96. The van der Waals surface area contributed by atoms with E-state index < -0.39 is 12.1 Å². The summed E-state index contributed by atoms with van der Waals surface area (Å²) in [5, 5.41) is 24.5. The second-order valence-corrected chi connectivity index (χ2v) is 8.29. The van der Waals surface area contributed by atoms with Crippen molar-refractivity contribution in [2.45, 2.75) is 11.3 Å². The number of esters is 1. The van der Waals surface area contributed by atoms with Crippen LogP contribution in [-0.2, 0) is 9.53 Å². The van der Waals surface area contributed by atoms with Gasteiger partial charge in [0.1, 0.15) is 6.10 Å². The van der Waals surface area contributed by atoms with Crippen molar-refractivity contribution in [3.63, 3.8) is 0 Å². The summed E-state index contributed by atoms with van der Waals surface area (Å²) in [6, 6.07) is 25.4. The number of anilines is 1. The van der Waals surface area contributed by atoms with E-state index in [9.17, 15) is 9.90 Å². The Morgan fingerprint density at radius 2 is 1.68 bits per heavy atom. The Morgan fingerprint density at radius 3 is 2.35 bits per heavy atom. The van der Waals surface area contributed by atoms with Crippen LogP contribution in [0.2, 0.25) is 5.02 Å². The van der Waals surface area contributed by atoms with Crippen molar-refractivity contribution < 1.29 is 14.6 Å². The first-order chi connectivity index (χ1) is 16.6. The molecule has 0 saturated carbocycles. The van der Waals surface area contributed by atoms with Crippen molar-refractivity contribution in [1.82, 2.24) is 14.8 Å². The minimum atomic E-state index is -1.04. The van der Waals surface area contributed by atoms with Gasteiger partial charge in [-0.3, -0.25) is 9.99 Å². The highest BCUT2D eigenvalue weighted by molar-refractivity contribution is 8.15. The van der Waals surface area contributed by atoms with Gasteiger partial charge in [-0.1, -0.05) is 72.3 Å². The molecule has 0 fully saturated rings. The van der Waals surface area contributed by atoms with Crippen LogP contribution in [-0.4, -0.2) is 38.0 Å². The van der Waals surface area contributed by atoms with Gasteiger partial charge < -0.3 is 9.84 Å². The number of carbonyl (C=O) groups is 1. The SMILES string of the molecule is COC(=O)/C(=N\Nc1ccccc1Cl)Sc1nnc([C@@H](O)c2ccccc2)n1-c1ccccc1. The van der Waals surface area contributed by atoms with Crippen LogP contribution in [0, 0.1) is 0 Å². The smallest absolute Gasteiger partial charge is 0.365 e. The van der Waals surface area contributed by atoms with Gasteiger partial charge in [0.15, 0.2) is 5.82 Å². The molecule has 3 aromatic carbocycles. The molecule has 0 aliphatic heterocycles. The highest BCUT2D eigenvalue weighted by Gasteiger charge is 2.25. The van der Waals surface area contributed by atoms with Crippen LogP contribution in [0.5, 0.6) is 0 Å². The molecule has 0 saturated heterocycles. The van der Waals surface area contributed by atoms with E-state index in [0.29, 0.717) is 32.9 Å². The highest BCUT2D eigenvalue weighted by Crippen LogP contribution is 2.29. The minimum absolute atomic E-state index is 0.0206. The van der Waals surface area contributed by atoms with Crippen molar-refractivity contribution in [3.8, 4) is 5.69 Å². The molecule has 4 rings (SSSR count). The molecule has 8 nitrogen and oxygen atoms in total. The lowest BCUT2D eigenvalue weighted by Crippen LogP contribution is -2.16. The van der Waals surface area contributed by atoms with Crippen LogP contribution in [0.15, 0.2) is 95.2 Å². The van der Waals surface area contributed by atoms with Gasteiger partial charge in [-0.2, -0.15) is 5.10 Å². The summed E-state index contributed by atoms with van der Waals surface area (Å²) in [5.41, 5.74) is 4.68. The first-order valence-corrected chi connectivity index (χ1v) is 11.4. The maximum Gasteiger partial charge on any atom is 0.365 e. The highest BCUT2D eigenvalue weighted by atomic mass is 35.5. The van der Waals surface area contributed by atoms with Crippen LogP contribution < -0.4 is 5.43 Å². The number of nitrogens with zero attached hydrogens (tertiary/aromatic N) is 4. The molecule has 1 heterocycles. The summed E-state index contributed by atoms with van der Waals surface area (Å²) >= 11 is 7.12. The summed E-state index contributed by atoms with van der Waals surface area (Å²) in [5.74, 6) is -0.375. The number of benzene rings is 3. The van der Waals surface area contributed by atoms with Gasteiger partial charge in [-0.15, -0.1) is 10.2 Å². The predicted molar refractivity (Wildman–Crippen MR) is 132 cm³/mol. The maximum atomic E-state index is 12.5. The molecular formula is C24H20ClN5O3S. The van der Waals surface area contributed by atoms with Gasteiger partial charge in [0, 0.05) is 5.69 Å². The minimum Gasteiger partial charge on any atom is -0.464 e. The molecule has 34 heavy (non-hydrogen) atoms. The molecule has 4 aromatic rings. The van der Waals surface area contributed by atoms with Crippen molar-refractivity contribution >= 4 is 40.1 Å². The number of aliphatic hydroxyl groups is 1. The van der Waals surface area contributed by atoms with Gasteiger partial charge in [-0.05, 0) is 41.6 Å². The summed E-state index contributed by atoms with van der Waals surface area (Å²) in [4.78, 5) is 12.5. The number of aromatic nitrogens is 3. The molecule has 2 N–H and O–H groups in total. The van der Waals surface area contributed by atoms with Crippen LogP contribution in [0.25, 0.3) is 5.69 Å². The fraction of sp³-hybridized carbons (Fsp3) is 0.0833. The van der Waals surface area contributed by atoms with Crippen LogP contribution in [0.1, 0.15) is 17.5 Å². The Bertz CT molecular complexity index is 1300. The van der Waals surface area contributed by atoms with Crippen LogP contribution in [0.4, 0.5) is 5.69 Å². The fourth-order valence-corrected chi connectivity index (χ4v) is 4.06. The Kier molecular flexibility index (Phi) is 7.58. The van der Waals surface area contributed by atoms with E-state index in [2.05, 4.69) is 20.7 Å². The summed E-state index contributed by atoms with van der Waals surface area (Å²) < 4.78 is 6.58. The van der Waals surface area contributed by atoms with E-state index in [1.165, 1.54) is 7.11 Å². The first-order valence-electron chi connectivity index (χ1n) is 10.2. The number of hydrogen-bond acceptors (Lipinski definition) is 8. The van der Waals surface area contributed by atoms with Gasteiger partial charge in [0.05, 0.1) is 17.8 Å². The van der Waals surface area contributed by atoms with Gasteiger partial charge in [-0.25, -0.2) is 4.79 Å². The Labute approximate surface area is 205 Å². The molecule has 0 aliphatic rings. The Morgan fingerprint density at radius 1 is 1.03 bits per heavy atom. The quantitative estimate of drug-likeness (QED) is 0.132. The number of aliphatic hydroxyl groups excluding tert-OH is 1. The number of halogens is 1. The van der Waals surface area contributed by atoms with Gasteiger partial charge in [0.25, 0.3) is 0 Å². The van der Waals surface area contributed by atoms with E-state index >= 15 is 0 Å². The largest absolute Gasteiger partial charge is 0.464 e. The number of hydrogen-bond donors (Lipinski definition) is 2. The van der Waals surface area contributed by atoms with E-state index in [1.807, 2.05) is 48.5 Å². The predicted octanol–water partition coefficient (Wildman–Crippen LogP) is 4.69. The van der Waals surface area contributed by atoms with Gasteiger partial charge >= 0.3 is 5.97 Å². The first kappa shape index (κ1) is 23.5. The molecule has 1 atom stereocenters. The maximum absolute atomic E-state index is 12.5. The normalized spacial score (nSPS) is 12.3. The van der Waals surface area contributed by atoms with Crippen LogP contribution >= 0.6 is 23.4 Å². The summed E-state index contributed by atoms with van der Waals surface area (Å²) in [6.07, 6.45) is -1.04. The van der Waals surface area contributed by atoms with Crippen molar-refractivity contribution in [3.05, 3.63) is 101 Å². The number of para-hydroxylation sites is 2. The second kappa shape index (κ2) is 11.0. The molecule has 0 aliphatic carbocycles. The zero-order valence-electron chi connectivity index (χ0n) is 18.0. The zero-order valence-corrected chi connectivity index (χ0v) is 19.6. The topological polar surface area (TPSA) is 102 Å². The molecular weight excluding hydrogens is 474 g/mol. The van der Waals surface area contributed by atoms with Crippen molar-refractivity contribution in [2.24, 2.45) is 5.10 Å². The molecule has 172 valence electrons. The molecule has 0 spiro atoms. The number of thioether (sulfide) groups is 1. The Balaban J connectivity index is 1.73. The lowest BCUT2D eigenvalue weighted by Gasteiger charge is -2.14. The van der Waals surface area contributed by atoms with Crippen molar-refractivity contribution in [2.75, 3.05) is 12.5 Å². The third-order valence-electron chi connectivity index (χ3n) is 4.73. The summed E-state index contributed by atoms with van der Waals surface area (Å²) in [6.45, 7) is 0. The van der Waals surface area contributed by atoms with Gasteiger partial charge in [0.2, 0.25) is 10.2 Å². The Hall–Kier alpha value is -3.66. The molecule has 1 aromatic heterocycles. The number of nitrogens with one attached hydrogen (secondary N) is 1. The molecule has 0 radical (unpaired) electrons. The van der Waals surface area contributed by atoms with E-state index in [0.717, 1.165) is 11.8 Å². The number of ether oxygens (including phenoxy) is 1. The summed E-state index contributed by atoms with van der Waals surface area (Å²) in [7, 11) is 1.26. The zero-order chi connectivity index (χ0) is 23.9. The van der Waals surface area contributed by atoms with Crippen molar-refractivity contribution in [1.29, 1.82) is 0 Å². The third kappa shape index (κ3) is 5.28. The molecule has 0 amide bonds. The molecule has 10 heteroatoms. The molecule has 0 unspecified atom stereocenters.